The molecule has 0 unspecified atom stereocenters. The third-order valence-corrected chi connectivity index (χ3v) is 5.59. The van der Waals surface area contributed by atoms with Crippen molar-refractivity contribution >= 4 is 28.4 Å². The molecule has 26 heavy (non-hydrogen) atoms. The number of aliphatic hydroxyl groups is 1. The average molecular weight is 366 g/mol. The molecule has 1 aliphatic rings. The molecule has 1 N–H and O–H groups in total. The summed E-state index contributed by atoms with van der Waals surface area (Å²) < 4.78 is 3.79. The smallest absolute Gasteiger partial charge is 0.191 e. The summed E-state index contributed by atoms with van der Waals surface area (Å²) in [4.78, 5) is 4.49. The molecule has 0 radical (unpaired) electrons. The van der Waals surface area contributed by atoms with E-state index in [9.17, 15) is 10.4 Å². The Morgan fingerprint density at radius 1 is 1.27 bits per heavy atom. The molecule has 2 heterocycles. The molecule has 132 valence electrons. The molecule has 4 rings (SSSR count). The Bertz CT molecular complexity index is 1050. The number of benzene rings is 1. The number of imidazole rings is 1. The maximum atomic E-state index is 10.5. The third-order valence-electron chi connectivity index (χ3n) is 4.56. The number of para-hydroxylation sites is 2. The predicted octanol–water partition coefficient (Wildman–Crippen LogP) is 3.16. The zero-order valence-corrected chi connectivity index (χ0v) is 15.4. The van der Waals surface area contributed by atoms with Crippen molar-refractivity contribution in [3.63, 3.8) is 0 Å². The number of nitrogens with zero attached hydrogens (tertiary/aromatic N) is 6. The van der Waals surface area contributed by atoms with E-state index in [0.29, 0.717) is 11.7 Å². The summed E-state index contributed by atoms with van der Waals surface area (Å²) in [6, 6.07) is 9.74. The summed E-state index contributed by atoms with van der Waals surface area (Å²) in [5.41, 5.74) is 1.89. The fourth-order valence-corrected chi connectivity index (χ4v) is 3.76. The fraction of sp³-hybridized carbons (Fsp3) is 0.333. The molecule has 0 saturated heterocycles. The number of rotatable bonds is 5. The Hall–Kier alpha value is -2.79. The van der Waals surface area contributed by atoms with Gasteiger partial charge in [-0.05, 0) is 25.0 Å². The summed E-state index contributed by atoms with van der Waals surface area (Å²) in [5.74, 6) is 2.20. The Labute approximate surface area is 155 Å². The van der Waals surface area contributed by atoms with Gasteiger partial charge in [0.2, 0.25) is 0 Å². The second kappa shape index (κ2) is 6.50. The van der Waals surface area contributed by atoms with Crippen molar-refractivity contribution in [2.24, 2.45) is 14.1 Å². The third kappa shape index (κ3) is 2.84. The molecule has 3 aromatic rings. The standard InChI is InChI=1S/C18H18N6OS/c1-23-14-6-4-3-5-13(14)20-17(23)12(9-19)15(25)10-26-18-22-21-16(24(18)2)11-7-8-11/h3-6,11,25H,7-8,10H2,1-2H3/b15-12-. The molecule has 0 amide bonds. The fourth-order valence-electron chi connectivity index (χ4n) is 2.97. The van der Waals surface area contributed by atoms with Crippen molar-refractivity contribution < 1.29 is 5.11 Å². The molecule has 7 nitrogen and oxygen atoms in total. The molecular weight excluding hydrogens is 348 g/mol. The zero-order valence-electron chi connectivity index (χ0n) is 14.5. The number of thioether (sulfide) groups is 1. The quantitative estimate of drug-likeness (QED) is 0.424. The summed E-state index contributed by atoms with van der Waals surface area (Å²) in [5, 5.41) is 29.3. The number of hydrogen-bond acceptors (Lipinski definition) is 6. The van der Waals surface area contributed by atoms with Crippen LogP contribution in [0.3, 0.4) is 0 Å². The number of hydrogen-bond donors (Lipinski definition) is 1. The van der Waals surface area contributed by atoms with Gasteiger partial charge in [-0.2, -0.15) is 5.26 Å². The van der Waals surface area contributed by atoms with E-state index in [-0.39, 0.29) is 17.1 Å². The Balaban J connectivity index is 1.61. The van der Waals surface area contributed by atoms with Crippen molar-refractivity contribution in [3.8, 4) is 6.07 Å². The number of fused-ring (bicyclic) bond motifs is 1. The minimum Gasteiger partial charge on any atom is -0.510 e. The highest BCUT2D eigenvalue weighted by Crippen LogP contribution is 2.39. The molecule has 2 aromatic heterocycles. The highest BCUT2D eigenvalue weighted by Gasteiger charge is 2.29. The van der Waals surface area contributed by atoms with E-state index >= 15 is 0 Å². The molecule has 1 aliphatic carbocycles. The number of allylic oxidation sites excluding steroid dienone is 1. The molecule has 0 bridgehead atoms. The lowest BCUT2D eigenvalue weighted by atomic mass is 10.2. The monoisotopic (exact) mass is 366 g/mol. The highest BCUT2D eigenvalue weighted by molar-refractivity contribution is 7.99. The molecule has 1 saturated carbocycles. The summed E-state index contributed by atoms with van der Waals surface area (Å²) in [6.45, 7) is 0. The van der Waals surface area contributed by atoms with Crippen LogP contribution in [0.5, 0.6) is 0 Å². The van der Waals surface area contributed by atoms with Crippen LogP contribution in [0, 0.1) is 11.3 Å². The molecule has 0 spiro atoms. The summed E-state index contributed by atoms with van der Waals surface area (Å²) >= 11 is 1.37. The molecular formula is C18H18N6OS. The maximum Gasteiger partial charge on any atom is 0.191 e. The topological polar surface area (TPSA) is 92.6 Å². The van der Waals surface area contributed by atoms with Crippen LogP contribution in [-0.2, 0) is 14.1 Å². The van der Waals surface area contributed by atoms with E-state index < -0.39 is 0 Å². The van der Waals surface area contributed by atoms with Gasteiger partial charge in [-0.3, -0.25) is 0 Å². The van der Waals surface area contributed by atoms with Gasteiger partial charge in [0.25, 0.3) is 0 Å². The van der Waals surface area contributed by atoms with Gasteiger partial charge in [0.1, 0.15) is 23.2 Å². The van der Waals surface area contributed by atoms with Gasteiger partial charge in [0.15, 0.2) is 11.0 Å². The average Bonchev–Trinajstić information content (AvgIpc) is 3.35. The number of aromatic nitrogens is 5. The van der Waals surface area contributed by atoms with Gasteiger partial charge in [-0.15, -0.1) is 10.2 Å². The Morgan fingerprint density at radius 3 is 2.73 bits per heavy atom. The van der Waals surface area contributed by atoms with Gasteiger partial charge in [-0.1, -0.05) is 23.9 Å². The summed E-state index contributed by atoms with van der Waals surface area (Å²) in [6.07, 6.45) is 2.32. The highest BCUT2D eigenvalue weighted by atomic mass is 32.2. The van der Waals surface area contributed by atoms with Crippen molar-refractivity contribution in [2.75, 3.05) is 5.75 Å². The first kappa shape index (κ1) is 16.7. The van der Waals surface area contributed by atoms with Crippen LogP contribution in [0.2, 0.25) is 0 Å². The van der Waals surface area contributed by atoms with Gasteiger partial charge in [0, 0.05) is 20.0 Å². The van der Waals surface area contributed by atoms with Crippen LogP contribution in [-0.4, -0.2) is 35.2 Å². The van der Waals surface area contributed by atoms with Crippen LogP contribution in [0.4, 0.5) is 0 Å². The second-order valence-electron chi connectivity index (χ2n) is 6.38. The predicted molar refractivity (Wildman–Crippen MR) is 99.6 cm³/mol. The number of aliphatic hydroxyl groups excluding tert-OH is 1. The second-order valence-corrected chi connectivity index (χ2v) is 7.32. The zero-order chi connectivity index (χ0) is 18.3. The van der Waals surface area contributed by atoms with E-state index in [1.165, 1.54) is 11.8 Å². The minimum absolute atomic E-state index is 0.00752. The SMILES string of the molecule is Cn1c(SC/C(O)=C(\C#N)c2nc3ccccc3n2C)nnc1C1CC1. The Kier molecular flexibility index (Phi) is 4.17. The lowest BCUT2D eigenvalue weighted by Crippen LogP contribution is -2.02. The van der Waals surface area contributed by atoms with Crippen LogP contribution >= 0.6 is 11.8 Å². The van der Waals surface area contributed by atoms with Crippen molar-refractivity contribution in [1.29, 1.82) is 5.26 Å². The minimum atomic E-state index is -0.00752. The van der Waals surface area contributed by atoms with Crippen LogP contribution < -0.4 is 0 Å². The van der Waals surface area contributed by atoms with E-state index in [1.807, 2.05) is 47.5 Å². The van der Waals surface area contributed by atoms with E-state index in [4.69, 9.17) is 0 Å². The van der Waals surface area contributed by atoms with Gasteiger partial charge >= 0.3 is 0 Å². The summed E-state index contributed by atoms with van der Waals surface area (Å²) in [7, 11) is 3.78. The van der Waals surface area contributed by atoms with E-state index in [0.717, 1.165) is 34.9 Å². The lowest BCUT2D eigenvalue weighted by molar-refractivity contribution is 0.420. The molecule has 8 heteroatoms. The van der Waals surface area contributed by atoms with E-state index in [2.05, 4.69) is 21.3 Å². The number of nitriles is 1. The largest absolute Gasteiger partial charge is 0.510 e. The lowest BCUT2D eigenvalue weighted by Gasteiger charge is -2.05. The first-order chi connectivity index (χ1) is 12.6. The Morgan fingerprint density at radius 2 is 2.04 bits per heavy atom. The normalized spacial score (nSPS) is 15.1. The van der Waals surface area contributed by atoms with Crippen LogP contribution in [0.1, 0.15) is 30.4 Å². The molecule has 1 aromatic carbocycles. The van der Waals surface area contributed by atoms with Crippen molar-refractivity contribution in [3.05, 3.63) is 41.7 Å². The first-order valence-corrected chi connectivity index (χ1v) is 9.34. The molecule has 0 aliphatic heterocycles. The van der Waals surface area contributed by atoms with Crippen molar-refractivity contribution in [2.45, 2.75) is 23.9 Å². The van der Waals surface area contributed by atoms with Gasteiger partial charge in [0.05, 0.1) is 16.8 Å². The maximum absolute atomic E-state index is 10.5. The van der Waals surface area contributed by atoms with Gasteiger partial charge < -0.3 is 14.2 Å². The first-order valence-electron chi connectivity index (χ1n) is 8.36. The van der Waals surface area contributed by atoms with Crippen LogP contribution in [0.15, 0.2) is 35.2 Å². The number of aryl methyl sites for hydroxylation is 1. The van der Waals surface area contributed by atoms with Gasteiger partial charge in [-0.25, -0.2) is 4.98 Å². The molecule has 0 atom stereocenters. The van der Waals surface area contributed by atoms with Crippen molar-refractivity contribution in [1.82, 2.24) is 24.3 Å². The van der Waals surface area contributed by atoms with E-state index in [1.54, 1.807) is 0 Å². The van der Waals surface area contributed by atoms with Crippen LogP contribution in [0.25, 0.3) is 16.6 Å². The molecule has 1 fully saturated rings.